The molecule has 1 aromatic heterocycles. The molecule has 0 bridgehead atoms. The Labute approximate surface area is 102 Å². The summed E-state index contributed by atoms with van der Waals surface area (Å²) in [6.07, 6.45) is -4.55. The Morgan fingerprint density at radius 3 is 2.67 bits per heavy atom. The lowest BCUT2D eigenvalue weighted by molar-refractivity contribution is -0.135. The van der Waals surface area contributed by atoms with Crippen LogP contribution in [0.1, 0.15) is 29.8 Å². The van der Waals surface area contributed by atoms with Gasteiger partial charge in [-0.3, -0.25) is 0 Å². The largest absolute Gasteiger partial charge is 0.477 e. The standard InChI is InChI=1S/C11H13F3N2O2/c12-11(13,14)6-1-2-7-15-9-5-3-4-8(16-9)10(17)18/h3-5H,1-2,6-7H2,(H,15,16)(H,17,18). The van der Waals surface area contributed by atoms with Crippen molar-refractivity contribution < 1.29 is 23.1 Å². The minimum Gasteiger partial charge on any atom is -0.477 e. The molecule has 2 N–H and O–H groups in total. The van der Waals surface area contributed by atoms with E-state index in [1.807, 2.05) is 0 Å². The number of aromatic carboxylic acids is 1. The van der Waals surface area contributed by atoms with Crippen LogP contribution < -0.4 is 5.32 Å². The van der Waals surface area contributed by atoms with Crippen molar-refractivity contribution in [2.45, 2.75) is 25.4 Å². The topological polar surface area (TPSA) is 62.2 Å². The van der Waals surface area contributed by atoms with Crippen molar-refractivity contribution in [1.82, 2.24) is 4.98 Å². The van der Waals surface area contributed by atoms with Crippen molar-refractivity contribution in [3.8, 4) is 0 Å². The van der Waals surface area contributed by atoms with Crippen LogP contribution in [0.25, 0.3) is 0 Å². The number of aromatic nitrogens is 1. The summed E-state index contributed by atoms with van der Waals surface area (Å²) >= 11 is 0. The van der Waals surface area contributed by atoms with E-state index in [4.69, 9.17) is 5.11 Å². The first-order chi connectivity index (χ1) is 8.38. The number of nitrogens with one attached hydrogen (secondary N) is 1. The van der Waals surface area contributed by atoms with Gasteiger partial charge < -0.3 is 10.4 Å². The molecule has 0 saturated heterocycles. The fraction of sp³-hybridized carbons (Fsp3) is 0.455. The van der Waals surface area contributed by atoms with Gasteiger partial charge in [0.05, 0.1) is 0 Å². The molecule has 100 valence electrons. The highest BCUT2D eigenvalue weighted by molar-refractivity contribution is 5.85. The first-order valence-corrected chi connectivity index (χ1v) is 5.39. The molecule has 1 heterocycles. The quantitative estimate of drug-likeness (QED) is 0.774. The third-order valence-electron chi connectivity index (χ3n) is 2.16. The molecule has 18 heavy (non-hydrogen) atoms. The predicted octanol–water partition coefficient (Wildman–Crippen LogP) is 2.92. The molecule has 1 aromatic rings. The average molecular weight is 262 g/mol. The molecule has 0 unspecified atom stereocenters. The van der Waals surface area contributed by atoms with E-state index < -0.39 is 18.6 Å². The fourth-order valence-corrected chi connectivity index (χ4v) is 1.32. The van der Waals surface area contributed by atoms with Crippen LogP contribution in [0.4, 0.5) is 19.0 Å². The fourth-order valence-electron chi connectivity index (χ4n) is 1.32. The second-order valence-corrected chi connectivity index (χ2v) is 3.71. The van der Waals surface area contributed by atoms with E-state index in [0.29, 0.717) is 18.8 Å². The highest BCUT2D eigenvalue weighted by atomic mass is 19.4. The minimum atomic E-state index is -4.12. The predicted molar refractivity (Wildman–Crippen MR) is 59.6 cm³/mol. The van der Waals surface area contributed by atoms with Gasteiger partial charge >= 0.3 is 12.1 Å². The second kappa shape index (κ2) is 6.23. The molecule has 0 aromatic carbocycles. The first kappa shape index (κ1) is 14.3. The van der Waals surface area contributed by atoms with Crippen LogP contribution in [-0.4, -0.2) is 28.8 Å². The van der Waals surface area contributed by atoms with Gasteiger partial charge in [-0.25, -0.2) is 9.78 Å². The Kier molecular flexibility index (Phi) is 4.94. The number of hydrogen-bond donors (Lipinski definition) is 2. The molecule has 0 atom stereocenters. The normalized spacial score (nSPS) is 11.3. The number of pyridine rings is 1. The average Bonchev–Trinajstić information content (AvgIpc) is 2.27. The minimum absolute atomic E-state index is 0.0368. The zero-order valence-corrected chi connectivity index (χ0v) is 9.50. The Morgan fingerprint density at radius 2 is 2.06 bits per heavy atom. The summed E-state index contributed by atoms with van der Waals surface area (Å²) in [6.45, 7) is 0.326. The van der Waals surface area contributed by atoms with Gasteiger partial charge in [-0.15, -0.1) is 0 Å². The summed E-state index contributed by atoms with van der Waals surface area (Å²) in [4.78, 5) is 14.4. The van der Waals surface area contributed by atoms with Gasteiger partial charge in [-0.05, 0) is 25.0 Å². The number of anilines is 1. The number of nitrogens with zero attached hydrogens (tertiary/aromatic N) is 1. The Bertz CT molecular complexity index is 408. The molecular weight excluding hydrogens is 249 g/mol. The molecule has 0 aliphatic heterocycles. The monoisotopic (exact) mass is 262 g/mol. The van der Waals surface area contributed by atoms with Gasteiger partial charge in [-0.2, -0.15) is 13.2 Å². The van der Waals surface area contributed by atoms with Crippen molar-refractivity contribution in [2.75, 3.05) is 11.9 Å². The van der Waals surface area contributed by atoms with Crippen LogP contribution in [0.2, 0.25) is 0 Å². The van der Waals surface area contributed by atoms with E-state index >= 15 is 0 Å². The van der Waals surface area contributed by atoms with Crippen LogP contribution in [0.3, 0.4) is 0 Å². The van der Waals surface area contributed by atoms with Gasteiger partial charge in [0, 0.05) is 13.0 Å². The van der Waals surface area contributed by atoms with E-state index in [1.54, 1.807) is 6.07 Å². The number of rotatable bonds is 6. The molecular formula is C11H13F3N2O2. The van der Waals surface area contributed by atoms with Gasteiger partial charge in [0.25, 0.3) is 0 Å². The van der Waals surface area contributed by atoms with E-state index in [1.165, 1.54) is 12.1 Å². The number of hydrogen-bond acceptors (Lipinski definition) is 3. The summed E-state index contributed by atoms with van der Waals surface area (Å²) < 4.78 is 35.5. The number of carboxylic acids is 1. The van der Waals surface area contributed by atoms with E-state index in [0.717, 1.165) is 0 Å². The van der Waals surface area contributed by atoms with Crippen molar-refractivity contribution in [3.63, 3.8) is 0 Å². The number of unbranched alkanes of at least 4 members (excludes halogenated alkanes) is 1. The maximum atomic E-state index is 11.8. The lowest BCUT2D eigenvalue weighted by atomic mass is 10.2. The first-order valence-electron chi connectivity index (χ1n) is 5.39. The zero-order chi connectivity index (χ0) is 13.6. The molecule has 4 nitrogen and oxygen atoms in total. The summed E-state index contributed by atoms with van der Waals surface area (Å²) in [6, 6.07) is 4.43. The van der Waals surface area contributed by atoms with Crippen LogP contribution in [0.5, 0.6) is 0 Å². The molecule has 0 aliphatic rings. The lowest BCUT2D eigenvalue weighted by Gasteiger charge is -2.07. The molecule has 1 rings (SSSR count). The van der Waals surface area contributed by atoms with Crippen LogP contribution in [0.15, 0.2) is 18.2 Å². The second-order valence-electron chi connectivity index (χ2n) is 3.71. The van der Waals surface area contributed by atoms with Gasteiger partial charge in [0.2, 0.25) is 0 Å². The maximum absolute atomic E-state index is 11.8. The van der Waals surface area contributed by atoms with Gasteiger partial charge in [0.15, 0.2) is 5.69 Å². The summed E-state index contributed by atoms with van der Waals surface area (Å²) in [5.41, 5.74) is -0.102. The highest BCUT2D eigenvalue weighted by Crippen LogP contribution is 2.22. The third-order valence-corrected chi connectivity index (χ3v) is 2.16. The van der Waals surface area contributed by atoms with Crippen LogP contribution >= 0.6 is 0 Å². The molecule has 0 amide bonds. The third kappa shape index (κ3) is 5.51. The lowest BCUT2D eigenvalue weighted by Crippen LogP contribution is -2.10. The van der Waals surface area contributed by atoms with Gasteiger partial charge in [-0.1, -0.05) is 6.07 Å². The SMILES string of the molecule is O=C(O)c1cccc(NCCCCC(F)(F)F)n1. The Hall–Kier alpha value is -1.79. The smallest absolute Gasteiger partial charge is 0.389 e. The van der Waals surface area contributed by atoms with Crippen LogP contribution in [0, 0.1) is 0 Å². The number of carbonyl (C=O) groups is 1. The summed E-state index contributed by atoms with van der Waals surface area (Å²) in [7, 11) is 0. The Balaban J connectivity index is 2.31. The molecule has 0 saturated carbocycles. The van der Waals surface area contributed by atoms with Crippen LogP contribution in [-0.2, 0) is 0 Å². The van der Waals surface area contributed by atoms with Crippen molar-refractivity contribution in [2.24, 2.45) is 0 Å². The molecule has 0 spiro atoms. The van der Waals surface area contributed by atoms with E-state index in [9.17, 15) is 18.0 Å². The van der Waals surface area contributed by atoms with Crippen molar-refractivity contribution in [1.29, 1.82) is 0 Å². The zero-order valence-electron chi connectivity index (χ0n) is 9.50. The summed E-state index contributed by atoms with van der Waals surface area (Å²) in [5, 5.41) is 11.5. The number of carboxylic acid groups (broad SMARTS) is 1. The molecule has 0 radical (unpaired) electrons. The maximum Gasteiger partial charge on any atom is 0.389 e. The highest BCUT2D eigenvalue weighted by Gasteiger charge is 2.25. The van der Waals surface area contributed by atoms with E-state index in [-0.39, 0.29) is 12.1 Å². The van der Waals surface area contributed by atoms with E-state index in [2.05, 4.69) is 10.3 Å². The van der Waals surface area contributed by atoms with Gasteiger partial charge in [0.1, 0.15) is 5.82 Å². The molecule has 7 heteroatoms. The van der Waals surface area contributed by atoms with Crippen molar-refractivity contribution in [3.05, 3.63) is 23.9 Å². The van der Waals surface area contributed by atoms with Crippen molar-refractivity contribution >= 4 is 11.8 Å². The molecule has 0 aliphatic carbocycles. The molecule has 0 fully saturated rings. The summed E-state index contributed by atoms with van der Waals surface area (Å²) in [5.74, 6) is -0.794. The number of alkyl halides is 3. The Morgan fingerprint density at radius 1 is 1.33 bits per heavy atom. The number of halogens is 3.